The molecular weight excluding hydrogens is 259 g/mol. The first-order chi connectivity index (χ1) is 8.45. The van der Waals surface area contributed by atoms with Crippen LogP contribution in [0.15, 0.2) is 18.2 Å². The number of cyclic esters (lactones) is 1. The minimum Gasteiger partial charge on any atom is -0.465 e. The predicted molar refractivity (Wildman–Crippen MR) is 63.8 cm³/mol. The van der Waals surface area contributed by atoms with Crippen molar-refractivity contribution >= 4 is 23.4 Å². The van der Waals surface area contributed by atoms with Crippen LogP contribution in [0.5, 0.6) is 0 Å². The van der Waals surface area contributed by atoms with Crippen molar-refractivity contribution in [3.05, 3.63) is 34.6 Å². The molecule has 1 aliphatic rings. The van der Waals surface area contributed by atoms with Gasteiger partial charge in [0.1, 0.15) is 17.0 Å². The lowest BCUT2D eigenvalue weighted by Crippen LogP contribution is -2.36. The molecule has 0 aliphatic carbocycles. The summed E-state index contributed by atoms with van der Waals surface area (Å²) in [5.41, 5.74) is -0.589. The summed E-state index contributed by atoms with van der Waals surface area (Å²) in [4.78, 5) is 23.5. The van der Waals surface area contributed by atoms with E-state index in [9.17, 15) is 14.0 Å². The van der Waals surface area contributed by atoms with Crippen molar-refractivity contribution in [3.63, 3.8) is 0 Å². The van der Waals surface area contributed by atoms with Gasteiger partial charge in [0.2, 0.25) is 0 Å². The van der Waals surface area contributed by atoms with E-state index in [2.05, 4.69) is 0 Å². The first-order valence-electron chi connectivity index (χ1n) is 5.58. The maximum atomic E-state index is 12.9. The van der Waals surface area contributed by atoms with Gasteiger partial charge in [-0.15, -0.1) is 0 Å². The van der Waals surface area contributed by atoms with Crippen LogP contribution >= 0.6 is 11.6 Å². The summed E-state index contributed by atoms with van der Waals surface area (Å²) in [6.45, 7) is 1.60. The second kappa shape index (κ2) is 4.69. The first-order valence-corrected chi connectivity index (χ1v) is 5.96. The van der Waals surface area contributed by atoms with E-state index in [0.29, 0.717) is 12.0 Å². The normalized spacial score (nSPS) is 22.9. The summed E-state index contributed by atoms with van der Waals surface area (Å²) in [6, 6.07) is 3.92. The first kappa shape index (κ1) is 13.0. The minimum atomic E-state index is -1.17. The molecule has 1 atom stereocenters. The third-order valence-electron chi connectivity index (χ3n) is 3.33. The smallest absolute Gasteiger partial charge is 0.320 e. The average molecular weight is 271 g/mol. The maximum absolute atomic E-state index is 12.9. The third kappa shape index (κ3) is 2.12. The molecular formula is C13H12ClFO3. The highest BCUT2D eigenvalue weighted by atomic mass is 35.5. The summed E-state index contributed by atoms with van der Waals surface area (Å²) in [6.07, 6.45) is 0.495. The monoisotopic (exact) mass is 270 g/mol. The molecule has 0 amide bonds. The lowest BCUT2D eigenvalue weighted by Gasteiger charge is -2.21. The van der Waals surface area contributed by atoms with Crippen LogP contribution in [-0.2, 0) is 20.7 Å². The van der Waals surface area contributed by atoms with E-state index in [1.807, 2.05) is 0 Å². The quantitative estimate of drug-likeness (QED) is 0.626. The van der Waals surface area contributed by atoms with Crippen LogP contribution in [0.1, 0.15) is 18.9 Å². The van der Waals surface area contributed by atoms with Gasteiger partial charge >= 0.3 is 5.97 Å². The fraction of sp³-hybridized carbons (Fsp3) is 0.385. The van der Waals surface area contributed by atoms with E-state index in [1.54, 1.807) is 0 Å². The van der Waals surface area contributed by atoms with Crippen molar-refractivity contribution < 1.29 is 18.7 Å². The molecule has 0 saturated carbocycles. The topological polar surface area (TPSA) is 43.4 Å². The van der Waals surface area contributed by atoms with Crippen LogP contribution in [0.2, 0.25) is 5.02 Å². The standard InChI is InChI=1S/C13H12ClFO3/c1-8(16)13(4-5-18-12(13)17)7-9-2-3-10(15)6-11(9)14/h2-3,6H,4-5,7H2,1H3. The molecule has 1 saturated heterocycles. The average Bonchev–Trinajstić information content (AvgIpc) is 2.65. The van der Waals surface area contributed by atoms with Gasteiger partial charge in [-0.3, -0.25) is 9.59 Å². The summed E-state index contributed by atoms with van der Waals surface area (Å²) in [5, 5.41) is 0.218. The number of esters is 1. The third-order valence-corrected chi connectivity index (χ3v) is 3.69. The number of Topliss-reactive ketones (excluding diaryl/α,β-unsaturated/α-hetero) is 1. The number of halogens is 2. The van der Waals surface area contributed by atoms with E-state index >= 15 is 0 Å². The van der Waals surface area contributed by atoms with Crippen LogP contribution in [0.3, 0.4) is 0 Å². The minimum absolute atomic E-state index is 0.153. The molecule has 0 radical (unpaired) electrons. The predicted octanol–water partition coefficient (Wildman–Crippen LogP) is 2.54. The number of hydrogen-bond acceptors (Lipinski definition) is 3. The molecule has 1 aromatic rings. The van der Waals surface area contributed by atoms with Crippen molar-refractivity contribution in [2.45, 2.75) is 19.8 Å². The zero-order valence-electron chi connectivity index (χ0n) is 9.83. The summed E-state index contributed by atoms with van der Waals surface area (Å²) in [7, 11) is 0. The molecule has 0 N–H and O–H groups in total. The Morgan fingerprint density at radius 3 is 2.78 bits per heavy atom. The second-order valence-electron chi connectivity index (χ2n) is 4.44. The van der Waals surface area contributed by atoms with Crippen molar-refractivity contribution in [1.82, 2.24) is 0 Å². The van der Waals surface area contributed by atoms with Crippen LogP contribution < -0.4 is 0 Å². The number of ketones is 1. The van der Waals surface area contributed by atoms with Gasteiger partial charge in [0.25, 0.3) is 0 Å². The zero-order chi connectivity index (χ0) is 13.3. The Hall–Kier alpha value is -1.42. The molecule has 1 aliphatic heterocycles. The highest BCUT2D eigenvalue weighted by Gasteiger charge is 2.49. The van der Waals surface area contributed by atoms with E-state index in [-0.39, 0.29) is 23.8 Å². The van der Waals surface area contributed by atoms with E-state index in [0.717, 1.165) is 0 Å². The molecule has 18 heavy (non-hydrogen) atoms. The molecule has 96 valence electrons. The molecule has 0 bridgehead atoms. The molecule has 1 aromatic carbocycles. The van der Waals surface area contributed by atoms with Gasteiger partial charge in [0, 0.05) is 11.4 Å². The molecule has 1 unspecified atom stereocenters. The fourth-order valence-corrected chi connectivity index (χ4v) is 2.39. The van der Waals surface area contributed by atoms with Gasteiger partial charge in [0.05, 0.1) is 6.61 Å². The number of ether oxygens (including phenoxy) is 1. The largest absolute Gasteiger partial charge is 0.465 e. The number of hydrogen-bond donors (Lipinski definition) is 0. The van der Waals surface area contributed by atoms with Crippen molar-refractivity contribution in [2.75, 3.05) is 6.61 Å². The van der Waals surface area contributed by atoms with Gasteiger partial charge in [-0.1, -0.05) is 17.7 Å². The highest BCUT2D eigenvalue weighted by Crippen LogP contribution is 2.36. The molecule has 5 heteroatoms. The summed E-state index contributed by atoms with van der Waals surface area (Å²) < 4.78 is 17.8. The Kier molecular flexibility index (Phi) is 3.39. The number of carbonyl (C=O) groups is 2. The molecule has 2 rings (SSSR count). The van der Waals surface area contributed by atoms with Crippen molar-refractivity contribution in [2.24, 2.45) is 5.41 Å². The molecule has 1 heterocycles. The number of benzene rings is 1. The molecule has 0 spiro atoms. The molecule has 0 aromatic heterocycles. The van der Waals surface area contributed by atoms with Crippen LogP contribution in [-0.4, -0.2) is 18.4 Å². The lowest BCUT2D eigenvalue weighted by atomic mass is 9.77. The number of rotatable bonds is 3. The van der Waals surface area contributed by atoms with Gasteiger partial charge < -0.3 is 4.74 Å². The Balaban J connectivity index is 2.36. The summed E-state index contributed by atoms with van der Waals surface area (Å²) >= 11 is 5.92. The van der Waals surface area contributed by atoms with Crippen LogP contribution in [0.25, 0.3) is 0 Å². The Morgan fingerprint density at radius 1 is 1.56 bits per heavy atom. The maximum Gasteiger partial charge on any atom is 0.320 e. The van der Waals surface area contributed by atoms with Crippen LogP contribution in [0, 0.1) is 11.2 Å². The second-order valence-corrected chi connectivity index (χ2v) is 4.84. The van der Waals surface area contributed by atoms with E-state index in [1.165, 1.54) is 25.1 Å². The lowest BCUT2D eigenvalue weighted by molar-refractivity contribution is -0.150. The fourth-order valence-electron chi connectivity index (χ4n) is 2.15. The SMILES string of the molecule is CC(=O)C1(Cc2ccc(F)cc2Cl)CCOC1=O. The van der Waals surface area contributed by atoms with Crippen LogP contribution in [0.4, 0.5) is 4.39 Å². The van der Waals surface area contributed by atoms with E-state index in [4.69, 9.17) is 16.3 Å². The Bertz CT molecular complexity index is 515. The Morgan fingerprint density at radius 2 is 2.28 bits per heavy atom. The molecule has 3 nitrogen and oxygen atoms in total. The van der Waals surface area contributed by atoms with Crippen molar-refractivity contribution in [1.29, 1.82) is 0 Å². The van der Waals surface area contributed by atoms with Gasteiger partial charge in [-0.2, -0.15) is 0 Å². The zero-order valence-corrected chi connectivity index (χ0v) is 10.6. The van der Waals surface area contributed by atoms with Gasteiger partial charge in [0.15, 0.2) is 0 Å². The highest BCUT2D eigenvalue weighted by molar-refractivity contribution is 6.31. The molecule has 1 fully saturated rings. The van der Waals surface area contributed by atoms with E-state index < -0.39 is 17.2 Å². The van der Waals surface area contributed by atoms with Gasteiger partial charge in [-0.05, 0) is 31.0 Å². The number of carbonyl (C=O) groups excluding carboxylic acids is 2. The summed E-state index contributed by atoms with van der Waals surface area (Å²) in [5.74, 6) is -1.21. The van der Waals surface area contributed by atoms with Gasteiger partial charge in [-0.25, -0.2) is 4.39 Å². The van der Waals surface area contributed by atoms with Crippen molar-refractivity contribution in [3.8, 4) is 0 Å². The Labute approximate surface area is 109 Å².